The summed E-state index contributed by atoms with van der Waals surface area (Å²) in [4.78, 5) is 19.7. The molecule has 4 rings (SSSR count). The number of hydrogen-bond acceptors (Lipinski definition) is 5. The fraction of sp³-hybridized carbons (Fsp3) is 0.438. The summed E-state index contributed by atoms with van der Waals surface area (Å²) in [5.74, 6) is 1.67. The van der Waals surface area contributed by atoms with Gasteiger partial charge in [-0.2, -0.15) is 0 Å². The van der Waals surface area contributed by atoms with Crippen LogP contribution in [0, 0.1) is 0 Å². The monoisotopic (exact) mass is 282 g/mol. The van der Waals surface area contributed by atoms with E-state index in [-0.39, 0.29) is 0 Å². The molecule has 0 N–H and O–H groups in total. The summed E-state index contributed by atoms with van der Waals surface area (Å²) in [6.07, 6.45) is 7.28. The minimum atomic E-state index is 0.709. The van der Waals surface area contributed by atoms with Crippen LogP contribution < -0.4 is 5.06 Å². The number of aryl methyl sites for hydroxylation is 1. The molecule has 1 aliphatic heterocycles. The van der Waals surface area contributed by atoms with Crippen molar-refractivity contribution < 1.29 is 4.84 Å². The second kappa shape index (κ2) is 5.41. The fourth-order valence-corrected chi connectivity index (χ4v) is 2.99. The van der Waals surface area contributed by atoms with Gasteiger partial charge in [-0.3, -0.25) is 9.82 Å². The molecule has 1 fully saturated rings. The predicted octanol–water partition coefficient (Wildman–Crippen LogP) is 2.56. The highest BCUT2D eigenvalue weighted by molar-refractivity contribution is 5.58. The summed E-state index contributed by atoms with van der Waals surface area (Å²) in [5.41, 5.74) is 3.25. The number of rotatable bonds is 2. The Labute approximate surface area is 124 Å². The van der Waals surface area contributed by atoms with Crippen LogP contribution in [0.15, 0.2) is 24.4 Å². The van der Waals surface area contributed by atoms with Crippen LogP contribution in [-0.2, 0) is 17.7 Å². The molecule has 0 bridgehead atoms. The zero-order chi connectivity index (χ0) is 14.1. The first-order chi connectivity index (χ1) is 10.4. The highest BCUT2D eigenvalue weighted by atomic mass is 16.7. The van der Waals surface area contributed by atoms with Gasteiger partial charge in [0.05, 0.1) is 6.61 Å². The van der Waals surface area contributed by atoms with E-state index in [0.717, 1.165) is 62.5 Å². The maximum atomic E-state index is 5.80. The quantitative estimate of drug-likeness (QED) is 0.847. The molecule has 5 nitrogen and oxygen atoms in total. The van der Waals surface area contributed by atoms with E-state index < -0.39 is 0 Å². The van der Waals surface area contributed by atoms with Gasteiger partial charge in [-0.25, -0.2) is 15.0 Å². The van der Waals surface area contributed by atoms with Gasteiger partial charge in [-0.05, 0) is 44.2 Å². The highest BCUT2D eigenvalue weighted by Crippen LogP contribution is 2.32. The van der Waals surface area contributed by atoms with E-state index in [1.807, 2.05) is 23.3 Å². The first kappa shape index (κ1) is 12.7. The minimum Gasteiger partial charge on any atom is -0.272 e. The fourth-order valence-electron chi connectivity index (χ4n) is 2.99. The molecule has 2 aromatic heterocycles. The average Bonchev–Trinajstić information content (AvgIpc) is 3.04. The van der Waals surface area contributed by atoms with Gasteiger partial charge >= 0.3 is 0 Å². The second-order valence-electron chi connectivity index (χ2n) is 5.51. The number of hydroxylamine groups is 1. The zero-order valence-electron chi connectivity index (χ0n) is 12.0. The lowest BCUT2D eigenvalue weighted by molar-refractivity contribution is 0.0758. The molecule has 5 heteroatoms. The molecule has 0 radical (unpaired) electrons. The normalized spacial score (nSPS) is 17.8. The van der Waals surface area contributed by atoms with Crippen molar-refractivity contribution in [3.8, 4) is 11.5 Å². The summed E-state index contributed by atoms with van der Waals surface area (Å²) in [7, 11) is 0. The van der Waals surface area contributed by atoms with Crippen molar-refractivity contribution in [3.63, 3.8) is 0 Å². The predicted molar refractivity (Wildman–Crippen MR) is 79.8 cm³/mol. The van der Waals surface area contributed by atoms with Gasteiger partial charge in [-0.1, -0.05) is 6.07 Å². The van der Waals surface area contributed by atoms with Crippen LogP contribution in [0.5, 0.6) is 0 Å². The molecule has 0 unspecified atom stereocenters. The lowest BCUT2D eigenvalue weighted by Gasteiger charge is -2.28. The van der Waals surface area contributed by atoms with Crippen molar-refractivity contribution in [2.24, 2.45) is 0 Å². The van der Waals surface area contributed by atoms with Crippen molar-refractivity contribution in [2.75, 3.05) is 18.2 Å². The number of aromatic nitrogens is 3. The molecule has 1 aliphatic carbocycles. The Bertz CT molecular complexity index is 638. The van der Waals surface area contributed by atoms with Crippen LogP contribution in [0.3, 0.4) is 0 Å². The Hall–Kier alpha value is -2.01. The van der Waals surface area contributed by atoms with Crippen LogP contribution >= 0.6 is 0 Å². The molecular weight excluding hydrogens is 264 g/mol. The zero-order valence-corrected chi connectivity index (χ0v) is 12.0. The number of nitrogens with zero attached hydrogens (tertiary/aromatic N) is 4. The van der Waals surface area contributed by atoms with E-state index in [0.29, 0.717) is 5.82 Å². The molecular formula is C16H18N4O. The maximum absolute atomic E-state index is 5.80. The lowest BCUT2D eigenvalue weighted by atomic mass is 10.2. The number of anilines is 1. The van der Waals surface area contributed by atoms with E-state index in [1.54, 1.807) is 6.20 Å². The van der Waals surface area contributed by atoms with Gasteiger partial charge in [-0.15, -0.1) is 0 Å². The third-order valence-electron chi connectivity index (χ3n) is 4.04. The summed E-state index contributed by atoms with van der Waals surface area (Å²) < 4.78 is 0. The van der Waals surface area contributed by atoms with Crippen LogP contribution in [-0.4, -0.2) is 28.1 Å². The van der Waals surface area contributed by atoms with Gasteiger partial charge in [0.25, 0.3) is 0 Å². The molecule has 0 aromatic carbocycles. The van der Waals surface area contributed by atoms with Crippen LogP contribution in [0.2, 0.25) is 0 Å². The minimum absolute atomic E-state index is 0.709. The SMILES string of the molecule is c1ccc(-c2nc3c(c(N4CCCCO4)n2)CCC3)nc1. The van der Waals surface area contributed by atoms with Crippen molar-refractivity contribution in [2.45, 2.75) is 32.1 Å². The largest absolute Gasteiger partial charge is 0.272 e. The number of pyridine rings is 1. The Morgan fingerprint density at radius 1 is 1.05 bits per heavy atom. The summed E-state index contributed by atoms with van der Waals surface area (Å²) in [5, 5.41) is 1.96. The van der Waals surface area contributed by atoms with Crippen LogP contribution in [0.1, 0.15) is 30.5 Å². The molecule has 0 atom stereocenters. The van der Waals surface area contributed by atoms with Gasteiger partial charge in [0.1, 0.15) is 5.69 Å². The lowest BCUT2D eigenvalue weighted by Crippen LogP contribution is -2.31. The van der Waals surface area contributed by atoms with Crippen molar-refractivity contribution in [3.05, 3.63) is 35.7 Å². The van der Waals surface area contributed by atoms with Gasteiger partial charge in [0.15, 0.2) is 11.6 Å². The molecule has 0 amide bonds. The Morgan fingerprint density at radius 2 is 2.05 bits per heavy atom. The molecule has 2 aromatic rings. The van der Waals surface area contributed by atoms with Crippen LogP contribution in [0.25, 0.3) is 11.5 Å². The molecule has 0 spiro atoms. The van der Waals surface area contributed by atoms with E-state index in [2.05, 4.69) is 4.98 Å². The van der Waals surface area contributed by atoms with E-state index >= 15 is 0 Å². The summed E-state index contributed by atoms with van der Waals surface area (Å²) >= 11 is 0. The van der Waals surface area contributed by atoms with Gasteiger partial charge in [0, 0.05) is 24.0 Å². The molecule has 108 valence electrons. The van der Waals surface area contributed by atoms with Gasteiger partial charge in [0.2, 0.25) is 0 Å². The Morgan fingerprint density at radius 3 is 2.86 bits per heavy atom. The molecule has 1 saturated heterocycles. The number of hydrogen-bond donors (Lipinski definition) is 0. The second-order valence-corrected chi connectivity index (χ2v) is 5.51. The Balaban J connectivity index is 1.80. The topological polar surface area (TPSA) is 51.1 Å². The van der Waals surface area contributed by atoms with Crippen molar-refractivity contribution in [1.29, 1.82) is 0 Å². The molecule has 0 saturated carbocycles. The maximum Gasteiger partial charge on any atom is 0.180 e. The van der Waals surface area contributed by atoms with Crippen molar-refractivity contribution >= 4 is 5.82 Å². The highest BCUT2D eigenvalue weighted by Gasteiger charge is 2.25. The van der Waals surface area contributed by atoms with E-state index in [9.17, 15) is 0 Å². The van der Waals surface area contributed by atoms with E-state index in [1.165, 1.54) is 5.56 Å². The standard InChI is InChI=1S/C16H18N4O/c1-2-9-17-14(7-1)15-18-13-8-5-6-12(13)16(19-15)20-10-3-4-11-21-20/h1-2,7,9H,3-6,8,10-11H2. The average molecular weight is 282 g/mol. The van der Waals surface area contributed by atoms with E-state index in [4.69, 9.17) is 14.8 Å². The molecule has 3 heterocycles. The first-order valence-corrected chi connectivity index (χ1v) is 7.63. The van der Waals surface area contributed by atoms with Gasteiger partial charge < -0.3 is 0 Å². The van der Waals surface area contributed by atoms with Crippen molar-refractivity contribution in [1.82, 2.24) is 15.0 Å². The summed E-state index contributed by atoms with van der Waals surface area (Å²) in [6, 6.07) is 5.83. The molecule has 21 heavy (non-hydrogen) atoms. The number of fused-ring (bicyclic) bond motifs is 1. The smallest absolute Gasteiger partial charge is 0.180 e. The van der Waals surface area contributed by atoms with Crippen LogP contribution in [0.4, 0.5) is 5.82 Å². The first-order valence-electron chi connectivity index (χ1n) is 7.63. The third kappa shape index (κ3) is 2.38. The summed E-state index contributed by atoms with van der Waals surface area (Å²) in [6.45, 7) is 1.68. The third-order valence-corrected chi connectivity index (χ3v) is 4.04. The Kier molecular flexibility index (Phi) is 3.27. The molecule has 2 aliphatic rings.